The average molecular weight is 517 g/mol. The highest BCUT2D eigenvalue weighted by atomic mass is 16.6. The molecule has 0 bridgehead atoms. The van der Waals surface area contributed by atoms with Gasteiger partial charge in [0.25, 0.3) is 0 Å². The molecule has 196 valence electrons. The van der Waals surface area contributed by atoms with Gasteiger partial charge in [0.2, 0.25) is 0 Å². The van der Waals surface area contributed by atoms with Crippen LogP contribution in [0.1, 0.15) is 65.2 Å². The molecule has 0 saturated heterocycles. The maximum Gasteiger partial charge on any atom is 0.340 e. The van der Waals surface area contributed by atoms with E-state index in [4.69, 9.17) is 9.47 Å². The number of benzene rings is 4. The van der Waals surface area contributed by atoms with Gasteiger partial charge in [-0.05, 0) is 86.6 Å². The Balaban J connectivity index is 1.44. The maximum absolute atomic E-state index is 13.5. The van der Waals surface area contributed by atoms with Crippen molar-refractivity contribution in [3.05, 3.63) is 113 Å². The molecule has 4 aromatic rings. The molecule has 1 saturated carbocycles. The van der Waals surface area contributed by atoms with Crippen LogP contribution in [0.15, 0.2) is 84.9 Å². The van der Waals surface area contributed by atoms with E-state index in [9.17, 15) is 4.79 Å². The topological polar surface area (TPSA) is 59.6 Å². The van der Waals surface area contributed by atoms with E-state index in [1.165, 1.54) is 12.8 Å². The predicted molar refractivity (Wildman–Crippen MR) is 154 cm³/mol. The third-order valence-electron chi connectivity index (χ3n) is 8.58. The van der Waals surface area contributed by atoms with Crippen molar-refractivity contribution in [2.45, 2.75) is 51.2 Å². The van der Waals surface area contributed by atoms with Crippen molar-refractivity contribution in [3.63, 3.8) is 0 Å². The number of anilines is 3. The zero-order valence-electron chi connectivity index (χ0n) is 22.3. The summed E-state index contributed by atoms with van der Waals surface area (Å²) in [5.74, 6) is 1.86. The molecule has 2 heterocycles. The van der Waals surface area contributed by atoms with Gasteiger partial charge in [0, 0.05) is 28.7 Å². The molecule has 2 aliphatic heterocycles. The lowest BCUT2D eigenvalue weighted by Gasteiger charge is -2.40. The number of hydrogen-bond donors (Lipinski definition) is 2. The molecule has 0 amide bonds. The second kappa shape index (κ2) is 9.19. The molecule has 39 heavy (non-hydrogen) atoms. The summed E-state index contributed by atoms with van der Waals surface area (Å²) in [4.78, 5) is 13.5. The summed E-state index contributed by atoms with van der Waals surface area (Å²) in [6.45, 7) is 4.41. The third-order valence-corrected chi connectivity index (χ3v) is 8.58. The number of rotatable bonds is 4. The molecule has 1 fully saturated rings. The Bertz CT molecular complexity index is 1570. The first kappa shape index (κ1) is 23.8. The first-order valence-corrected chi connectivity index (χ1v) is 13.9. The van der Waals surface area contributed by atoms with E-state index in [0.717, 1.165) is 58.1 Å². The van der Waals surface area contributed by atoms with E-state index in [-0.39, 0.29) is 5.97 Å². The number of hydrogen-bond acceptors (Lipinski definition) is 5. The summed E-state index contributed by atoms with van der Waals surface area (Å²) < 4.78 is 13.1. The molecule has 1 atom stereocenters. The van der Waals surface area contributed by atoms with E-state index in [1.54, 1.807) is 0 Å². The summed E-state index contributed by atoms with van der Waals surface area (Å²) in [6, 6.07) is 28.4. The van der Waals surface area contributed by atoms with E-state index in [0.29, 0.717) is 23.1 Å². The van der Waals surface area contributed by atoms with Gasteiger partial charge in [-0.15, -0.1) is 0 Å². The Morgan fingerprint density at radius 3 is 2.33 bits per heavy atom. The minimum absolute atomic E-state index is 0.313. The van der Waals surface area contributed by atoms with Crippen molar-refractivity contribution in [2.75, 3.05) is 10.6 Å². The van der Waals surface area contributed by atoms with Crippen LogP contribution in [0.2, 0.25) is 0 Å². The van der Waals surface area contributed by atoms with Gasteiger partial charge < -0.3 is 20.1 Å². The molecule has 1 spiro atoms. The second-order valence-electron chi connectivity index (χ2n) is 11.1. The Hall–Kier alpha value is -4.25. The van der Waals surface area contributed by atoms with Gasteiger partial charge in [-0.25, -0.2) is 4.79 Å². The Labute approximate surface area is 229 Å². The fourth-order valence-electron chi connectivity index (χ4n) is 6.58. The van der Waals surface area contributed by atoms with E-state index >= 15 is 0 Å². The van der Waals surface area contributed by atoms with E-state index in [2.05, 4.69) is 30.5 Å². The van der Waals surface area contributed by atoms with Crippen LogP contribution in [0, 0.1) is 12.8 Å². The molecule has 0 aromatic heterocycles. The number of esters is 1. The van der Waals surface area contributed by atoms with E-state index in [1.807, 2.05) is 78.9 Å². The Kier molecular flexibility index (Phi) is 5.62. The summed E-state index contributed by atoms with van der Waals surface area (Å²) >= 11 is 0. The number of nitrogens with one attached hydrogen (secondary N) is 2. The van der Waals surface area contributed by atoms with Crippen LogP contribution in [0.3, 0.4) is 0 Å². The zero-order valence-corrected chi connectivity index (χ0v) is 22.3. The number of fused-ring (bicyclic) bond motifs is 6. The average Bonchev–Trinajstić information content (AvgIpc) is 3.24. The molecule has 4 aromatic carbocycles. The van der Waals surface area contributed by atoms with Gasteiger partial charge in [0.05, 0.1) is 16.7 Å². The van der Waals surface area contributed by atoms with Crippen LogP contribution in [-0.4, -0.2) is 12.0 Å². The largest absolute Gasteiger partial charge is 0.456 e. The molecule has 1 aliphatic carbocycles. The zero-order chi connectivity index (χ0) is 26.6. The lowest BCUT2D eigenvalue weighted by atomic mass is 9.75. The molecule has 0 radical (unpaired) electrons. The molecule has 5 nitrogen and oxygen atoms in total. The van der Waals surface area contributed by atoms with Gasteiger partial charge in [-0.1, -0.05) is 49.4 Å². The highest BCUT2D eigenvalue weighted by Gasteiger charge is 2.55. The van der Waals surface area contributed by atoms with Gasteiger partial charge in [-0.2, -0.15) is 0 Å². The molecular formula is C34H32N2O3. The molecule has 3 aliphatic rings. The van der Waals surface area contributed by atoms with Crippen molar-refractivity contribution in [1.29, 1.82) is 0 Å². The predicted octanol–water partition coefficient (Wildman–Crippen LogP) is 8.30. The highest BCUT2D eigenvalue weighted by Crippen LogP contribution is 2.59. The van der Waals surface area contributed by atoms with Crippen LogP contribution >= 0.6 is 0 Å². The van der Waals surface area contributed by atoms with Crippen molar-refractivity contribution in [3.8, 4) is 11.5 Å². The second-order valence-corrected chi connectivity index (χ2v) is 11.1. The molecule has 5 heteroatoms. The number of carbonyl (C=O) groups is 1. The summed E-state index contributed by atoms with van der Waals surface area (Å²) in [7, 11) is 0. The monoisotopic (exact) mass is 516 g/mol. The van der Waals surface area contributed by atoms with Crippen LogP contribution < -0.4 is 15.4 Å². The summed E-state index contributed by atoms with van der Waals surface area (Å²) in [5.41, 5.74) is 5.93. The van der Waals surface area contributed by atoms with E-state index < -0.39 is 5.60 Å². The first-order valence-electron chi connectivity index (χ1n) is 13.9. The smallest absolute Gasteiger partial charge is 0.340 e. The van der Waals surface area contributed by atoms with Crippen LogP contribution in [0.4, 0.5) is 17.1 Å². The Morgan fingerprint density at radius 1 is 0.769 bits per heavy atom. The van der Waals surface area contributed by atoms with Gasteiger partial charge in [0.15, 0.2) is 5.60 Å². The fourth-order valence-corrected chi connectivity index (χ4v) is 6.58. The van der Waals surface area contributed by atoms with Gasteiger partial charge in [0.1, 0.15) is 11.5 Å². The SMILES string of the molecule is Cc1c(Nc2ccccc2)ccc2c1C1(OC(=O)c3ccccc31)c1c(NC3CCC(C)CC3)cccc1O2. The highest BCUT2D eigenvalue weighted by molar-refractivity contribution is 5.98. The molecule has 2 N–H and O–H groups in total. The van der Waals surface area contributed by atoms with Crippen molar-refractivity contribution in [1.82, 2.24) is 0 Å². The van der Waals surface area contributed by atoms with Gasteiger partial charge >= 0.3 is 5.97 Å². The first-order chi connectivity index (χ1) is 19.0. The fraction of sp³-hybridized carbons (Fsp3) is 0.265. The van der Waals surface area contributed by atoms with Crippen molar-refractivity contribution >= 4 is 23.0 Å². The minimum atomic E-state index is -1.12. The molecule has 1 unspecified atom stereocenters. The van der Waals surface area contributed by atoms with Crippen LogP contribution in [-0.2, 0) is 10.3 Å². The lowest BCUT2D eigenvalue weighted by Crippen LogP contribution is -2.36. The quantitative estimate of drug-likeness (QED) is 0.267. The number of para-hydroxylation sites is 1. The third kappa shape index (κ3) is 3.79. The number of carbonyl (C=O) groups excluding carboxylic acids is 1. The number of ether oxygens (including phenoxy) is 2. The maximum atomic E-state index is 13.5. The van der Waals surface area contributed by atoms with Gasteiger partial charge in [-0.3, -0.25) is 0 Å². The lowest BCUT2D eigenvalue weighted by molar-refractivity contribution is 0.0225. The normalized spacial score (nSPS) is 22.8. The minimum Gasteiger partial charge on any atom is -0.456 e. The van der Waals surface area contributed by atoms with Crippen molar-refractivity contribution < 1.29 is 14.3 Å². The van der Waals surface area contributed by atoms with Crippen molar-refractivity contribution in [2.24, 2.45) is 5.92 Å². The summed E-state index contributed by atoms with van der Waals surface area (Å²) in [6.07, 6.45) is 4.66. The molecular weight excluding hydrogens is 484 g/mol. The standard InChI is InChI=1S/C34H32N2O3/c1-21-15-17-24(18-16-21)36-28-13-8-14-29-32(28)34(26-12-7-6-11-25(26)33(37)39-34)31-22(2)27(19-20-30(31)38-29)35-23-9-4-3-5-10-23/h3-14,19-21,24,35-36H,15-18H2,1-2H3. The van der Waals surface area contributed by atoms with Crippen LogP contribution in [0.5, 0.6) is 11.5 Å². The Morgan fingerprint density at radius 2 is 1.51 bits per heavy atom. The summed E-state index contributed by atoms with van der Waals surface area (Å²) in [5, 5.41) is 7.40. The molecule has 7 rings (SSSR count). The van der Waals surface area contributed by atoms with Crippen LogP contribution in [0.25, 0.3) is 0 Å².